The van der Waals surface area contributed by atoms with Crippen LogP contribution in [-0.4, -0.2) is 57.7 Å². The molecule has 0 unspecified atom stereocenters. The maximum Gasteiger partial charge on any atom is 0.161 e. The van der Waals surface area contributed by atoms with Gasteiger partial charge in [-0.05, 0) is 56.3 Å². The topological polar surface area (TPSA) is 42.1 Å². The number of benzene rings is 1. The fourth-order valence-corrected chi connectivity index (χ4v) is 5.20. The Morgan fingerprint density at radius 3 is 2.71 bits per heavy atom. The summed E-state index contributed by atoms with van der Waals surface area (Å²) in [7, 11) is 4.28. The Balaban J connectivity index is 0.00000241. The number of hydrogen-bond donors (Lipinski definition) is 0. The second kappa shape index (κ2) is 8.92. The smallest absolute Gasteiger partial charge is 0.161 e. The summed E-state index contributed by atoms with van der Waals surface area (Å²) in [6.45, 7) is 3.94. The molecule has 0 bridgehead atoms. The number of rotatable bonds is 4. The molecule has 8 heteroatoms. The van der Waals surface area contributed by atoms with Crippen molar-refractivity contribution in [2.45, 2.75) is 13.0 Å². The molecule has 5 heterocycles. The molecule has 34 heavy (non-hydrogen) atoms. The van der Waals surface area contributed by atoms with Crippen molar-refractivity contribution in [2.24, 2.45) is 5.92 Å². The number of aromatic nitrogens is 4. The zero-order valence-corrected chi connectivity index (χ0v) is 20.4. The first kappa shape index (κ1) is 22.7. The van der Waals surface area contributed by atoms with Crippen molar-refractivity contribution < 1.29 is 4.39 Å². The van der Waals surface area contributed by atoms with Gasteiger partial charge in [0, 0.05) is 55.9 Å². The quantitative estimate of drug-likeness (QED) is 0.386. The lowest BCUT2D eigenvalue weighted by Gasteiger charge is -2.21. The third-order valence-electron chi connectivity index (χ3n) is 6.73. The molecule has 1 aromatic carbocycles. The molecule has 1 atom stereocenters. The van der Waals surface area contributed by atoms with Crippen LogP contribution in [0.25, 0.3) is 28.3 Å². The number of nitrogens with zero attached hydrogens (tertiary/aromatic N) is 6. The molecule has 6 rings (SSSR count). The van der Waals surface area contributed by atoms with E-state index in [-0.39, 0.29) is 19.3 Å². The minimum Gasteiger partial charge on any atom is -0.356 e. The van der Waals surface area contributed by atoms with Crippen LogP contribution < -0.4 is 4.90 Å². The molecule has 0 aliphatic carbocycles. The first-order chi connectivity index (χ1) is 16.0. The van der Waals surface area contributed by atoms with Crippen molar-refractivity contribution >= 4 is 19.3 Å². The van der Waals surface area contributed by atoms with Crippen molar-refractivity contribution in [1.29, 1.82) is 0 Å². The summed E-state index contributed by atoms with van der Waals surface area (Å²) < 4.78 is 17.8. The van der Waals surface area contributed by atoms with E-state index >= 15 is 0 Å². The lowest BCUT2D eigenvalue weighted by molar-refractivity contribution is 0.340. The van der Waals surface area contributed by atoms with Gasteiger partial charge in [-0.3, -0.25) is 4.57 Å². The van der Waals surface area contributed by atoms with Crippen molar-refractivity contribution in [1.82, 2.24) is 24.0 Å². The molecular formula is C26H29FN6S. The van der Waals surface area contributed by atoms with Gasteiger partial charge in [-0.1, -0.05) is 12.1 Å². The standard InChI is InChI=1S/C26H27FN6.H2S/c1-30(2)14-18-7-9-31(15-18)25-12-21-17-32-16-20(19-3-5-22(27)6-4-19)11-23(32)26-28-8-10-33(26)24(21)13-29-25;/h3-6,8,10-13,16,18H,7,9,14-15,17H2,1-2H3;1H2/t18-;/m0./s1. The molecular weight excluding hydrogens is 447 g/mol. The fourth-order valence-electron chi connectivity index (χ4n) is 5.20. The van der Waals surface area contributed by atoms with Gasteiger partial charge in [0.1, 0.15) is 11.6 Å². The summed E-state index contributed by atoms with van der Waals surface area (Å²) in [6, 6.07) is 11.0. The number of pyridine rings is 1. The molecule has 0 N–H and O–H groups in total. The average molecular weight is 477 g/mol. The lowest BCUT2D eigenvalue weighted by atomic mass is 10.1. The van der Waals surface area contributed by atoms with Crippen LogP contribution in [0.3, 0.4) is 0 Å². The molecule has 6 nitrogen and oxygen atoms in total. The van der Waals surface area contributed by atoms with E-state index in [0.717, 1.165) is 60.3 Å². The maximum atomic E-state index is 13.4. The number of fused-ring (bicyclic) bond motifs is 5. The minimum atomic E-state index is -0.223. The second-order valence-corrected chi connectivity index (χ2v) is 9.40. The molecule has 2 aliphatic heterocycles. The number of anilines is 1. The molecule has 3 aromatic heterocycles. The lowest BCUT2D eigenvalue weighted by Crippen LogP contribution is -2.26. The normalized spacial score (nSPS) is 16.6. The van der Waals surface area contributed by atoms with Crippen molar-refractivity contribution in [2.75, 3.05) is 38.6 Å². The van der Waals surface area contributed by atoms with E-state index in [9.17, 15) is 4.39 Å². The van der Waals surface area contributed by atoms with Gasteiger partial charge >= 0.3 is 0 Å². The first-order valence-corrected chi connectivity index (χ1v) is 11.4. The Hall–Kier alpha value is -3.10. The second-order valence-electron chi connectivity index (χ2n) is 9.40. The van der Waals surface area contributed by atoms with E-state index in [2.05, 4.69) is 56.3 Å². The van der Waals surface area contributed by atoms with Gasteiger partial charge in [-0.15, -0.1) is 0 Å². The molecule has 176 valence electrons. The zero-order valence-electron chi connectivity index (χ0n) is 19.4. The van der Waals surface area contributed by atoms with Crippen LogP contribution in [0.4, 0.5) is 10.2 Å². The molecule has 1 saturated heterocycles. The summed E-state index contributed by atoms with van der Waals surface area (Å²) in [5, 5.41) is 0. The van der Waals surface area contributed by atoms with Gasteiger partial charge in [0.25, 0.3) is 0 Å². The van der Waals surface area contributed by atoms with Crippen LogP contribution in [0.5, 0.6) is 0 Å². The van der Waals surface area contributed by atoms with Gasteiger partial charge in [0.2, 0.25) is 0 Å². The number of halogens is 1. The van der Waals surface area contributed by atoms with Gasteiger partial charge < -0.3 is 14.4 Å². The van der Waals surface area contributed by atoms with E-state index in [1.54, 1.807) is 0 Å². The minimum absolute atomic E-state index is 0. The van der Waals surface area contributed by atoms with E-state index in [4.69, 9.17) is 4.98 Å². The molecule has 1 fully saturated rings. The van der Waals surface area contributed by atoms with Crippen molar-refractivity contribution in [3.63, 3.8) is 0 Å². The predicted octanol–water partition coefficient (Wildman–Crippen LogP) is 4.40. The molecule has 0 radical (unpaired) electrons. The maximum absolute atomic E-state index is 13.4. The number of hydrogen-bond acceptors (Lipinski definition) is 4. The van der Waals surface area contributed by atoms with Gasteiger partial charge in [-0.2, -0.15) is 13.5 Å². The Morgan fingerprint density at radius 2 is 1.91 bits per heavy atom. The van der Waals surface area contributed by atoms with Gasteiger partial charge in [0.15, 0.2) is 5.82 Å². The fraction of sp³-hybridized carbons (Fsp3) is 0.308. The monoisotopic (exact) mass is 476 g/mol. The molecule has 4 aromatic rings. The van der Waals surface area contributed by atoms with Crippen LogP contribution in [-0.2, 0) is 6.54 Å². The van der Waals surface area contributed by atoms with Crippen molar-refractivity contribution in [3.8, 4) is 28.3 Å². The number of imidazole rings is 1. The van der Waals surface area contributed by atoms with Gasteiger partial charge in [0.05, 0.1) is 17.6 Å². The third-order valence-corrected chi connectivity index (χ3v) is 6.73. The summed E-state index contributed by atoms with van der Waals surface area (Å²) in [5.41, 5.74) is 5.39. The highest BCUT2D eigenvalue weighted by Gasteiger charge is 2.26. The Bertz CT molecular complexity index is 1310. The largest absolute Gasteiger partial charge is 0.356 e. The van der Waals surface area contributed by atoms with Crippen LogP contribution in [0.2, 0.25) is 0 Å². The van der Waals surface area contributed by atoms with E-state index in [0.29, 0.717) is 5.92 Å². The molecule has 0 spiro atoms. The summed E-state index contributed by atoms with van der Waals surface area (Å²) in [4.78, 5) is 14.2. The van der Waals surface area contributed by atoms with Crippen LogP contribution in [0.15, 0.2) is 61.2 Å². The van der Waals surface area contributed by atoms with E-state index < -0.39 is 0 Å². The molecule has 0 saturated carbocycles. The Morgan fingerprint density at radius 1 is 1.09 bits per heavy atom. The summed E-state index contributed by atoms with van der Waals surface area (Å²) >= 11 is 0. The average Bonchev–Trinajstić information content (AvgIpc) is 3.53. The van der Waals surface area contributed by atoms with Gasteiger partial charge in [-0.25, -0.2) is 14.4 Å². The van der Waals surface area contributed by atoms with E-state index in [1.807, 2.05) is 30.7 Å². The van der Waals surface area contributed by atoms with Crippen molar-refractivity contribution in [3.05, 3.63) is 72.6 Å². The Kier molecular flexibility index (Phi) is 5.95. The van der Waals surface area contributed by atoms with Crippen LogP contribution in [0.1, 0.15) is 12.0 Å². The SMILES string of the molecule is CN(C)C[C@@H]1CCN(c2cc3c(cn2)-n2ccnc2-c2cc(-c4ccc(F)cc4)cn2C3)C1.S. The predicted molar refractivity (Wildman–Crippen MR) is 139 cm³/mol. The summed E-state index contributed by atoms with van der Waals surface area (Å²) in [5.74, 6) is 2.39. The van der Waals surface area contributed by atoms with Crippen LogP contribution in [0, 0.1) is 11.7 Å². The highest BCUT2D eigenvalue weighted by Crippen LogP contribution is 2.35. The van der Waals surface area contributed by atoms with Crippen LogP contribution >= 0.6 is 13.5 Å². The molecule has 0 amide bonds. The first-order valence-electron chi connectivity index (χ1n) is 11.4. The highest BCUT2D eigenvalue weighted by molar-refractivity contribution is 7.59. The zero-order chi connectivity index (χ0) is 22.5. The third kappa shape index (κ3) is 4.01. The molecule has 2 aliphatic rings. The summed E-state index contributed by atoms with van der Waals surface area (Å²) in [6.07, 6.45) is 9.16. The van der Waals surface area contributed by atoms with E-state index in [1.165, 1.54) is 24.1 Å². The Labute approximate surface area is 206 Å². The highest BCUT2D eigenvalue weighted by atomic mass is 32.1.